The van der Waals surface area contributed by atoms with Crippen molar-refractivity contribution in [1.82, 2.24) is 0 Å². The standard InChI is InChI=1S/C52H54Cl2O12/c1-3-5-7-9-11-13-15-33-61-39-25-17-35(18-26-39)49(57)63-41-29-21-37(22-30-41)51(59)65-47-43(53)46(56)48(44(54)45(47)55)66-52(60)38-23-31-42(32-24-38)64-50(58)36-19-27-40(28-20-36)62-34-16-14-12-10-8-6-4-2/h17-32H,3-16,33-34H2,1-2H3. The summed E-state index contributed by atoms with van der Waals surface area (Å²) in [4.78, 5) is 77.8. The Morgan fingerprint density at radius 3 is 0.924 bits per heavy atom. The first-order valence-electron chi connectivity index (χ1n) is 22.4. The van der Waals surface area contributed by atoms with Gasteiger partial charge in [0.05, 0.1) is 35.5 Å². The third-order valence-electron chi connectivity index (χ3n) is 10.4. The van der Waals surface area contributed by atoms with Gasteiger partial charge >= 0.3 is 23.9 Å². The molecule has 0 atom stereocenters. The summed E-state index contributed by atoms with van der Waals surface area (Å²) in [5.74, 6) is -6.05. The predicted octanol–water partition coefficient (Wildman–Crippen LogP) is 12.5. The van der Waals surface area contributed by atoms with Crippen LogP contribution in [0.1, 0.15) is 145 Å². The third kappa shape index (κ3) is 15.4. The van der Waals surface area contributed by atoms with Crippen molar-refractivity contribution >= 4 is 58.6 Å². The minimum Gasteiger partial charge on any atom is -0.494 e. The fourth-order valence-corrected chi connectivity index (χ4v) is 7.03. The molecule has 14 heteroatoms. The zero-order valence-electron chi connectivity index (χ0n) is 37.2. The summed E-state index contributed by atoms with van der Waals surface area (Å²) < 4.78 is 32.8. The van der Waals surface area contributed by atoms with Crippen LogP contribution in [-0.2, 0) is 19.1 Å². The van der Waals surface area contributed by atoms with Crippen LogP contribution >= 0.6 is 23.2 Å². The highest BCUT2D eigenvalue weighted by Gasteiger charge is 2.38. The first-order valence-corrected chi connectivity index (χ1v) is 23.2. The molecule has 0 N–H and O–H groups in total. The SMILES string of the molecule is CCCCCCCCCOc1ccc(C(=O)Oc2ccc(C(=O)OC3=C(Cl)C(=O)C(OC(=O)c4ccc(OC(=O)c5ccc(OCCCCCCCCC)cc5)cc4)=C(Cl)C3=O)cc2)cc1. The predicted molar refractivity (Wildman–Crippen MR) is 249 cm³/mol. The molecule has 0 amide bonds. The molecule has 0 saturated heterocycles. The van der Waals surface area contributed by atoms with Crippen molar-refractivity contribution in [2.75, 3.05) is 13.2 Å². The van der Waals surface area contributed by atoms with E-state index in [1.165, 1.54) is 113 Å². The van der Waals surface area contributed by atoms with Crippen LogP contribution in [0.4, 0.5) is 0 Å². The van der Waals surface area contributed by atoms with E-state index in [0.717, 1.165) is 25.7 Å². The van der Waals surface area contributed by atoms with Gasteiger partial charge in [0.25, 0.3) is 0 Å². The van der Waals surface area contributed by atoms with Gasteiger partial charge in [0.1, 0.15) is 33.1 Å². The van der Waals surface area contributed by atoms with Gasteiger partial charge in [-0.1, -0.05) is 114 Å². The lowest BCUT2D eigenvalue weighted by Gasteiger charge is -2.17. The number of Topliss-reactive ketones (excluding diaryl/α,β-unsaturated/α-hetero) is 2. The summed E-state index contributed by atoms with van der Waals surface area (Å²) in [7, 11) is 0. The molecule has 4 aromatic rings. The number of halogens is 2. The number of carbonyl (C=O) groups is 6. The summed E-state index contributed by atoms with van der Waals surface area (Å²) in [6.07, 6.45) is 16.5. The number of carbonyl (C=O) groups excluding carboxylic acids is 6. The minimum atomic E-state index is -1.19. The van der Waals surface area contributed by atoms with Crippen LogP contribution in [0.3, 0.4) is 0 Å². The van der Waals surface area contributed by atoms with Crippen molar-refractivity contribution in [2.24, 2.45) is 0 Å². The smallest absolute Gasteiger partial charge is 0.343 e. The van der Waals surface area contributed by atoms with Crippen molar-refractivity contribution in [2.45, 2.75) is 104 Å². The van der Waals surface area contributed by atoms with Gasteiger partial charge in [0.15, 0.2) is 0 Å². The number of esters is 4. The molecule has 0 unspecified atom stereocenters. The van der Waals surface area contributed by atoms with E-state index in [1.54, 1.807) is 48.5 Å². The molecule has 348 valence electrons. The average Bonchev–Trinajstić information content (AvgIpc) is 3.33. The summed E-state index contributed by atoms with van der Waals surface area (Å²) >= 11 is 12.3. The van der Waals surface area contributed by atoms with E-state index in [-0.39, 0.29) is 33.8 Å². The van der Waals surface area contributed by atoms with Crippen molar-refractivity contribution < 1.29 is 57.2 Å². The Bertz CT molecular complexity index is 2180. The molecular weight excluding hydrogens is 887 g/mol. The normalized spacial score (nSPS) is 12.5. The molecule has 0 aromatic heterocycles. The highest BCUT2D eigenvalue weighted by Crippen LogP contribution is 2.32. The van der Waals surface area contributed by atoms with Gasteiger partial charge in [-0.05, 0) is 110 Å². The number of unbranched alkanes of at least 4 members (excludes halogenated alkanes) is 12. The second-order valence-electron chi connectivity index (χ2n) is 15.5. The lowest BCUT2D eigenvalue weighted by atomic mass is 10.1. The maximum Gasteiger partial charge on any atom is 0.343 e. The molecule has 5 rings (SSSR count). The van der Waals surface area contributed by atoms with E-state index in [9.17, 15) is 28.8 Å². The fourth-order valence-electron chi connectivity index (χ4n) is 6.61. The molecule has 0 spiro atoms. The van der Waals surface area contributed by atoms with Crippen molar-refractivity contribution in [3.05, 3.63) is 141 Å². The number of allylic oxidation sites excluding steroid dienone is 2. The quantitative estimate of drug-likeness (QED) is 0.0254. The van der Waals surface area contributed by atoms with E-state index >= 15 is 0 Å². The van der Waals surface area contributed by atoms with Gasteiger partial charge < -0.3 is 28.4 Å². The molecular formula is C52H54Cl2O12. The molecule has 4 aromatic carbocycles. The van der Waals surface area contributed by atoms with E-state index in [2.05, 4.69) is 13.8 Å². The van der Waals surface area contributed by atoms with Gasteiger partial charge in [-0.25, -0.2) is 19.2 Å². The monoisotopic (exact) mass is 940 g/mol. The number of hydrogen-bond donors (Lipinski definition) is 0. The van der Waals surface area contributed by atoms with Crippen LogP contribution in [0.5, 0.6) is 23.0 Å². The van der Waals surface area contributed by atoms with Crippen LogP contribution in [-0.4, -0.2) is 48.7 Å². The van der Waals surface area contributed by atoms with Gasteiger partial charge in [-0.3, -0.25) is 9.59 Å². The van der Waals surface area contributed by atoms with Gasteiger partial charge in [-0.2, -0.15) is 0 Å². The van der Waals surface area contributed by atoms with Crippen LogP contribution < -0.4 is 18.9 Å². The van der Waals surface area contributed by atoms with Crippen LogP contribution in [0.2, 0.25) is 0 Å². The summed E-state index contributed by atoms with van der Waals surface area (Å²) in [5, 5.41) is -1.70. The Morgan fingerprint density at radius 1 is 0.364 bits per heavy atom. The third-order valence-corrected chi connectivity index (χ3v) is 11.1. The number of rotatable bonds is 26. The van der Waals surface area contributed by atoms with E-state index in [1.807, 2.05) is 0 Å². The molecule has 0 radical (unpaired) electrons. The second kappa shape index (κ2) is 26.7. The highest BCUT2D eigenvalue weighted by atomic mass is 35.5. The lowest BCUT2D eigenvalue weighted by molar-refractivity contribution is -0.119. The molecule has 0 bridgehead atoms. The fraction of sp³-hybridized carbons (Fsp3) is 0.346. The minimum absolute atomic E-state index is 0.0854. The van der Waals surface area contributed by atoms with Crippen molar-refractivity contribution in [1.29, 1.82) is 0 Å². The van der Waals surface area contributed by atoms with Gasteiger partial charge in [-0.15, -0.1) is 0 Å². The Labute approximate surface area is 395 Å². The molecule has 1 aliphatic carbocycles. The topological polar surface area (TPSA) is 158 Å². The molecule has 1 aliphatic rings. The Hall–Kier alpha value is -6.24. The molecule has 0 fully saturated rings. The van der Waals surface area contributed by atoms with Crippen LogP contribution in [0, 0.1) is 0 Å². The molecule has 0 heterocycles. The molecule has 0 saturated carbocycles. The molecule has 0 aliphatic heterocycles. The highest BCUT2D eigenvalue weighted by molar-refractivity contribution is 6.55. The molecule has 12 nitrogen and oxygen atoms in total. The zero-order chi connectivity index (χ0) is 47.3. The first-order chi connectivity index (χ1) is 32.0. The van der Waals surface area contributed by atoms with E-state index in [0.29, 0.717) is 24.7 Å². The maximum absolute atomic E-state index is 13.1. The maximum atomic E-state index is 13.1. The number of ketones is 2. The largest absolute Gasteiger partial charge is 0.494 e. The van der Waals surface area contributed by atoms with Gasteiger partial charge in [0.2, 0.25) is 23.1 Å². The Kier molecular flexibility index (Phi) is 20.5. The second-order valence-corrected chi connectivity index (χ2v) is 16.3. The Balaban J connectivity index is 1.06. The number of benzene rings is 4. The zero-order valence-corrected chi connectivity index (χ0v) is 38.7. The van der Waals surface area contributed by atoms with E-state index in [4.69, 9.17) is 51.6 Å². The Morgan fingerprint density at radius 2 is 0.621 bits per heavy atom. The first kappa shape index (κ1) is 50.8. The lowest BCUT2D eigenvalue weighted by Crippen LogP contribution is -2.26. The summed E-state index contributed by atoms with van der Waals surface area (Å²) in [5.41, 5.74) is 0.399. The average molecular weight is 942 g/mol. The van der Waals surface area contributed by atoms with Crippen molar-refractivity contribution in [3.8, 4) is 23.0 Å². The number of hydrogen-bond acceptors (Lipinski definition) is 12. The summed E-state index contributed by atoms with van der Waals surface area (Å²) in [6, 6.07) is 23.6. The molecule has 66 heavy (non-hydrogen) atoms. The van der Waals surface area contributed by atoms with Crippen LogP contribution in [0.25, 0.3) is 0 Å². The number of ether oxygens (including phenoxy) is 6. The van der Waals surface area contributed by atoms with Gasteiger partial charge in [0, 0.05) is 0 Å². The van der Waals surface area contributed by atoms with Crippen molar-refractivity contribution in [3.63, 3.8) is 0 Å². The summed E-state index contributed by atoms with van der Waals surface area (Å²) in [6.45, 7) is 5.57. The van der Waals surface area contributed by atoms with E-state index < -0.39 is 57.0 Å². The van der Waals surface area contributed by atoms with Crippen LogP contribution in [0.15, 0.2) is 119 Å².